The van der Waals surface area contributed by atoms with Gasteiger partial charge in [-0.15, -0.1) is 0 Å². The summed E-state index contributed by atoms with van der Waals surface area (Å²) in [5.74, 6) is 1.26. The lowest BCUT2D eigenvalue weighted by atomic mass is 9.42. The zero-order valence-corrected chi connectivity index (χ0v) is 14.7. The van der Waals surface area contributed by atoms with Crippen LogP contribution in [0.3, 0.4) is 0 Å². The van der Waals surface area contributed by atoms with Gasteiger partial charge in [0.25, 0.3) is 0 Å². The van der Waals surface area contributed by atoms with E-state index in [1.165, 1.54) is 18.4 Å². The van der Waals surface area contributed by atoms with Gasteiger partial charge in [-0.2, -0.15) is 0 Å². The van der Waals surface area contributed by atoms with Crippen molar-refractivity contribution in [3.8, 4) is 0 Å². The Morgan fingerprint density at radius 3 is 2.48 bits per heavy atom. The Morgan fingerprint density at radius 2 is 1.95 bits per heavy atom. The predicted octanol–water partition coefficient (Wildman–Crippen LogP) is 3.50. The third-order valence-corrected chi connectivity index (χ3v) is 6.79. The maximum absolute atomic E-state index is 10.5. The molecular weight excluding hydrogens is 327 g/mol. The van der Waals surface area contributed by atoms with Crippen molar-refractivity contribution in [2.45, 2.75) is 51.0 Å². The number of halogens is 1. The first-order valence-corrected chi connectivity index (χ1v) is 9.03. The molecule has 2 bridgehead atoms. The van der Waals surface area contributed by atoms with E-state index in [1.807, 2.05) is 24.3 Å². The average Bonchev–Trinajstić information content (AvgIpc) is 2.48. The average molecular weight is 351 g/mol. The molecule has 0 saturated heterocycles. The molecule has 0 amide bonds. The third-order valence-electron chi connectivity index (χ3n) is 6.15. The molecular formula is C17H24BBrO2. The van der Waals surface area contributed by atoms with E-state index in [-0.39, 0.29) is 11.0 Å². The number of hydrogen-bond acceptors (Lipinski definition) is 2. The van der Waals surface area contributed by atoms with Crippen LogP contribution in [0, 0.1) is 17.3 Å². The smallest absolute Gasteiger partial charge is 0.423 e. The van der Waals surface area contributed by atoms with Crippen LogP contribution in [0.5, 0.6) is 0 Å². The quantitative estimate of drug-likeness (QED) is 0.665. The lowest BCUT2D eigenvalue weighted by Gasteiger charge is -2.68. The Balaban J connectivity index is 1.78. The summed E-state index contributed by atoms with van der Waals surface area (Å²) in [5, 5.41) is 11.4. The van der Waals surface area contributed by atoms with Crippen LogP contribution in [0.15, 0.2) is 24.3 Å². The van der Waals surface area contributed by atoms with Gasteiger partial charge >= 0.3 is 7.12 Å². The standard InChI is InChI=1S/C17H24BBrO2/c1-12-4-7-14-10-17(12,16(14,2)3)21-18(20)15-8-5-13(11-19)6-9-15/h5-6,8-9,12,14,20H,4,7,10-11H2,1-3H3. The zero-order valence-electron chi connectivity index (χ0n) is 13.1. The second kappa shape index (κ2) is 5.40. The van der Waals surface area contributed by atoms with E-state index < -0.39 is 7.12 Å². The van der Waals surface area contributed by atoms with Gasteiger partial charge in [-0.25, -0.2) is 0 Å². The minimum atomic E-state index is -0.824. The highest BCUT2D eigenvalue weighted by Crippen LogP contribution is 2.65. The summed E-state index contributed by atoms with van der Waals surface area (Å²) in [5.41, 5.74) is 2.07. The minimum absolute atomic E-state index is 0.163. The topological polar surface area (TPSA) is 29.5 Å². The van der Waals surface area contributed by atoms with Crippen molar-refractivity contribution in [2.75, 3.05) is 0 Å². The summed E-state index contributed by atoms with van der Waals surface area (Å²) in [6.07, 6.45) is 3.61. The molecule has 4 heteroatoms. The number of rotatable bonds is 4. The second-order valence-corrected chi connectivity index (χ2v) is 7.90. The van der Waals surface area contributed by atoms with Crippen molar-refractivity contribution in [1.29, 1.82) is 0 Å². The van der Waals surface area contributed by atoms with Crippen molar-refractivity contribution in [3.05, 3.63) is 29.8 Å². The monoisotopic (exact) mass is 350 g/mol. The van der Waals surface area contributed by atoms with Gasteiger partial charge in [-0.3, -0.25) is 0 Å². The molecule has 2 nitrogen and oxygen atoms in total. The van der Waals surface area contributed by atoms with Gasteiger partial charge in [0.05, 0.1) is 5.60 Å². The summed E-state index contributed by atoms with van der Waals surface area (Å²) in [4.78, 5) is 0. The molecule has 21 heavy (non-hydrogen) atoms. The van der Waals surface area contributed by atoms with Gasteiger partial charge in [0.2, 0.25) is 0 Å². The number of alkyl halides is 1. The third kappa shape index (κ3) is 2.30. The molecule has 1 aromatic rings. The van der Waals surface area contributed by atoms with Crippen molar-refractivity contribution in [2.24, 2.45) is 17.3 Å². The van der Waals surface area contributed by atoms with E-state index in [0.29, 0.717) is 5.92 Å². The van der Waals surface area contributed by atoms with Gasteiger partial charge in [0.15, 0.2) is 0 Å². The Kier molecular flexibility index (Phi) is 4.00. The number of fused-ring (bicyclic) bond motifs is 2. The van der Waals surface area contributed by atoms with Crippen LogP contribution in [0.2, 0.25) is 0 Å². The summed E-state index contributed by atoms with van der Waals surface area (Å²) < 4.78 is 6.28. The SMILES string of the molecule is CC1CCC2CC1(OB(O)c1ccc(CBr)cc1)C2(C)C. The van der Waals surface area contributed by atoms with Gasteiger partial charge in [-0.1, -0.05) is 61.0 Å². The second-order valence-electron chi connectivity index (χ2n) is 7.34. The van der Waals surface area contributed by atoms with Gasteiger partial charge in [-0.05, 0) is 47.5 Å². The van der Waals surface area contributed by atoms with Gasteiger partial charge < -0.3 is 9.68 Å². The maximum Gasteiger partial charge on any atom is 0.491 e. The van der Waals surface area contributed by atoms with E-state index in [0.717, 1.165) is 23.1 Å². The van der Waals surface area contributed by atoms with Crippen molar-refractivity contribution < 1.29 is 9.68 Å². The highest BCUT2D eigenvalue weighted by molar-refractivity contribution is 9.08. The fourth-order valence-corrected chi connectivity index (χ4v) is 4.81. The zero-order chi connectivity index (χ0) is 15.3. The van der Waals surface area contributed by atoms with Gasteiger partial charge in [0.1, 0.15) is 0 Å². The molecule has 4 rings (SSSR count). The lowest BCUT2D eigenvalue weighted by Crippen LogP contribution is -2.70. The Hall–Kier alpha value is -0.315. The van der Waals surface area contributed by atoms with Crippen LogP contribution in [0.4, 0.5) is 0 Å². The first-order valence-electron chi connectivity index (χ1n) is 7.91. The molecule has 3 atom stereocenters. The van der Waals surface area contributed by atoms with Crippen LogP contribution in [-0.2, 0) is 9.98 Å². The Bertz CT molecular complexity index is 516. The van der Waals surface area contributed by atoms with E-state index in [2.05, 4.69) is 36.7 Å². The molecule has 0 aromatic heterocycles. The predicted molar refractivity (Wildman–Crippen MR) is 90.8 cm³/mol. The van der Waals surface area contributed by atoms with E-state index in [9.17, 15) is 5.02 Å². The van der Waals surface area contributed by atoms with Crippen LogP contribution in [0.25, 0.3) is 0 Å². The molecule has 3 fully saturated rings. The molecule has 0 spiro atoms. The molecule has 0 heterocycles. The minimum Gasteiger partial charge on any atom is -0.423 e. The molecule has 1 aromatic carbocycles. The van der Waals surface area contributed by atoms with Crippen LogP contribution >= 0.6 is 15.9 Å². The lowest BCUT2D eigenvalue weighted by molar-refractivity contribution is -0.241. The molecule has 3 unspecified atom stereocenters. The van der Waals surface area contributed by atoms with Crippen LogP contribution in [-0.4, -0.2) is 17.7 Å². The normalized spacial score (nSPS) is 33.4. The number of benzene rings is 1. The largest absolute Gasteiger partial charge is 0.491 e. The van der Waals surface area contributed by atoms with E-state index >= 15 is 0 Å². The molecule has 0 aliphatic heterocycles. The molecule has 3 saturated carbocycles. The molecule has 3 aliphatic rings. The van der Waals surface area contributed by atoms with E-state index in [4.69, 9.17) is 4.65 Å². The van der Waals surface area contributed by atoms with Crippen LogP contribution < -0.4 is 5.46 Å². The van der Waals surface area contributed by atoms with Crippen molar-refractivity contribution in [3.63, 3.8) is 0 Å². The van der Waals surface area contributed by atoms with Gasteiger partial charge in [0, 0.05) is 5.33 Å². The fraction of sp³-hybridized carbons (Fsp3) is 0.647. The van der Waals surface area contributed by atoms with Crippen molar-refractivity contribution in [1.82, 2.24) is 0 Å². The molecule has 114 valence electrons. The first kappa shape index (κ1) is 15.6. The first-order chi connectivity index (χ1) is 9.90. The highest BCUT2D eigenvalue weighted by Gasteiger charge is 2.66. The Morgan fingerprint density at radius 1 is 1.29 bits per heavy atom. The summed E-state index contributed by atoms with van der Waals surface area (Å²) in [6, 6.07) is 8.00. The summed E-state index contributed by atoms with van der Waals surface area (Å²) in [7, 11) is -0.824. The van der Waals surface area contributed by atoms with Crippen LogP contribution in [0.1, 0.15) is 45.6 Å². The molecule has 0 radical (unpaired) electrons. The number of hydrogen-bond donors (Lipinski definition) is 1. The summed E-state index contributed by atoms with van der Waals surface area (Å²) >= 11 is 3.44. The Labute approximate surface area is 136 Å². The summed E-state index contributed by atoms with van der Waals surface area (Å²) in [6.45, 7) is 6.88. The van der Waals surface area contributed by atoms with Crippen molar-refractivity contribution >= 4 is 28.5 Å². The van der Waals surface area contributed by atoms with E-state index in [1.54, 1.807) is 0 Å². The molecule has 1 N–H and O–H groups in total. The highest BCUT2D eigenvalue weighted by atomic mass is 79.9. The maximum atomic E-state index is 10.5. The molecule has 3 aliphatic carbocycles. The fourth-order valence-electron chi connectivity index (χ4n) is 4.44.